The molecule has 0 atom stereocenters. The normalized spacial score (nSPS) is 10.2. The summed E-state index contributed by atoms with van der Waals surface area (Å²) in [5, 5.41) is 3.81. The molecular weight excluding hydrogens is 182 g/mol. The highest BCUT2D eigenvalue weighted by Crippen LogP contribution is 2.14. The highest BCUT2D eigenvalue weighted by Gasteiger charge is 2.11. The van der Waals surface area contributed by atoms with Crippen molar-refractivity contribution in [3.63, 3.8) is 0 Å². The summed E-state index contributed by atoms with van der Waals surface area (Å²) in [7, 11) is 0. The first kappa shape index (κ1) is 10.8. The smallest absolute Gasteiger partial charge is 0.306 e. The summed E-state index contributed by atoms with van der Waals surface area (Å²) in [5.41, 5.74) is 1.87. The molecule has 0 bridgehead atoms. The first-order chi connectivity index (χ1) is 6.65. The van der Waals surface area contributed by atoms with E-state index in [9.17, 15) is 4.79 Å². The van der Waals surface area contributed by atoms with E-state index in [4.69, 9.17) is 9.26 Å². The van der Waals surface area contributed by atoms with Gasteiger partial charge in [0.15, 0.2) is 0 Å². The molecule has 14 heavy (non-hydrogen) atoms. The third kappa shape index (κ3) is 2.58. The van der Waals surface area contributed by atoms with Crippen molar-refractivity contribution in [3.05, 3.63) is 17.0 Å². The van der Waals surface area contributed by atoms with Crippen LogP contribution in [0.3, 0.4) is 0 Å². The second-order valence-electron chi connectivity index (χ2n) is 3.11. The Kier molecular flexibility index (Phi) is 3.68. The lowest BCUT2D eigenvalue weighted by Gasteiger charge is -2.00. The van der Waals surface area contributed by atoms with Gasteiger partial charge in [-0.2, -0.15) is 0 Å². The van der Waals surface area contributed by atoms with Crippen molar-refractivity contribution in [3.8, 4) is 0 Å². The molecule has 1 aromatic heterocycles. The first-order valence-corrected chi connectivity index (χ1v) is 4.72. The average molecular weight is 197 g/mol. The molecule has 0 N–H and O–H groups in total. The molecule has 0 spiro atoms. The van der Waals surface area contributed by atoms with Crippen molar-refractivity contribution in [2.24, 2.45) is 0 Å². The zero-order valence-corrected chi connectivity index (χ0v) is 8.79. The number of rotatable bonds is 4. The van der Waals surface area contributed by atoms with Gasteiger partial charge >= 0.3 is 5.97 Å². The molecular formula is C10H15NO3. The van der Waals surface area contributed by atoms with E-state index in [1.165, 1.54) is 0 Å². The van der Waals surface area contributed by atoms with Crippen molar-refractivity contribution in [1.29, 1.82) is 0 Å². The monoisotopic (exact) mass is 197 g/mol. The maximum atomic E-state index is 11.1. The fourth-order valence-corrected chi connectivity index (χ4v) is 1.32. The Bertz CT molecular complexity index is 298. The maximum absolute atomic E-state index is 11.1. The van der Waals surface area contributed by atoms with Crippen LogP contribution in [0.4, 0.5) is 0 Å². The SMILES string of the molecule is CCOC(=O)CCc1c(C)noc1C. The van der Waals surface area contributed by atoms with Crippen molar-refractivity contribution in [1.82, 2.24) is 5.16 Å². The Hall–Kier alpha value is -1.32. The molecule has 78 valence electrons. The molecule has 0 amide bonds. The molecule has 0 aromatic carbocycles. The number of aromatic nitrogens is 1. The molecule has 4 nitrogen and oxygen atoms in total. The van der Waals surface area contributed by atoms with Crippen LogP contribution in [0.15, 0.2) is 4.52 Å². The average Bonchev–Trinajstić information content (AvgIpc) is 2.44. The minimum Gasteiger partial charge on any atom is -0.466 e. The zero-order valence-electron chi connectivity index (χ0n) is 8.79. The van der Waals surface area contributed by atoms with Gasteiger partial charge in [-0.25, -0.2) is 0 Å². The van der Waals surface area contributed by atoms with E-state index >= 15 is 0 Å². The first-order valence-electron chi connectivity index (χ1n) is 4.72. The number of aryl methyl sites for hydroxylation is 2. The van der Waals surface area contributed by atoms with Crippen LogP contribution < -0.4 is 0 Å². The lowest BCUT2D eigenvalue weighted by Crippen LogP contribution is -2.05. The summed E-state index contributed by atoms with van der Waals surface area (Å²) in [6, 6.07) is 0. The van der Waals surface area contributed by atoms with Crippen LogP contribution >= 0.6 is 0 Å². The van der Waals surface area contributed by atoms with Crippen LogP contribution in [-0.4, -0.2) is 17.7 Å². The summed E-state index contributed by atoms with van der Waals surface area (Å²) >= 11 is 0. The van der Waals surface area contributed by atoms with Gasteiger partial charge in [-0.1, -0.05) is 5.16 Å². The fraction of sp³-hybridized carbons (Fsp3) is 0.600. The standard InChI is InChI=1S/C10H15NO3/c1-4-13-10(12)6-5-9-7(2)11-14-8(9)3/h4-6H2,1-3H3. The Balaban J connectivity index is 2.49. The number of hydrogen-bond donors (Lipinski definition) is 0. The fourth-order valence-electron chi connectivity index (χ4n) is 1.32. The summed E-state index contributed by atoms with van der Waals surface area (Å²) < 4.78 is 9.82. The summed E-state index contributed by atoms with van der Waals surface area (Å²) in [4.78, 5) is 11.1. The van der Waals surface area contributed by atoms with Crippen LogP contribution in [0.2, 0.25) is 0 Å². The number of hydrogen-bond acceptors (Lipinski definition) is 4. The highest BCUT2D eigenvalue weighted by molar-refractivity contribution is 5.69. The minimum atomic E-state index is -0.174. The third-order valence-electron chi connectivity index (χ3n) is 2.07. The zero-order chi connectivity index (χ0) is 10.6. The van der Waals surface area contributed by atoms with Crippen LogP contribution in [0, 0.1) is 13.8 Å². The van der Waals surface area contributed by atoms with Crippen molar-refractivity contribution < 1.29 is 14.1 Å². The minimum absolute atomic E-state index is 0.174. The van der Waals surface area contributed by atoms with Crippen molar-refractivity contribution in [2.45, 2.75) is 33.6 Å². The molecule has 1 heterocycles. The second-order valence-corrected chi connectivity index (χ2v) is 3.11. The van der Waals surface area contributed by atoms with E-state index in [-0.39, 0.29) is 5.97 Å². The maximum Gasteiger partial charge on any atom is 0.306 e. The lowest BCUT2D eigenvalue weighted by atomic mass is 10.1. The Morgan fingerprint density at radius 3 is 2.71 bits per heavy atom. The molecule has 1 rings (SSSR count). The van der Waals surface area contributed by atoms with E-state index in [0.717, 1.165) is 17.0 Å². The third-order valence-corrected chi connectivity index (χ3v) is 2.07. The quantitative estimate of drug-likeness (QED) is 0.690. The van der Waals surface area contributed by atoms with E-state index < -0.39 is 0 Å². The predicted molar refractivity (Wildman–Crippen MR) is 50.9 cm³/mol. The highest BCUT2D eigenvalue weighted by atomic mass is 16.5. The van der Waals surface area contributed by atoms with Gasteiger partial charge in [-0.3, -0.25) is 4.79 Å². The summed E-state index contributed by atoms with van der Waals surface area (Å²) in [5.74, 6) is 0.610. The van der Waals surface area contributed by atoms with Crippen LogP contribution in [0.1, 0.15) is 30.4 Å². The van der Waals surface area contributed by atoms with Crippen LogP contribution in [0.25, 0.3) is 0 Å². The van der Waals surface area contributed by atoms with Crippen LogP contribution in [-0.2, 0) is 16.0 Å². The van der Waals surface area contributed by atoms with Crippen molar-refractivity contribution >= 4 is 5.97 Å². The predicted octanol–water partition coefficient (Wildman–Crippen LogP) is 1.79. The summed E-state index contributed by atoms with van der Waals surface area (Å²) in [6.07, 6.45) is 1.02. The molecule has 0 aliphatic heterocycles. The van der Waals surface area contributed by atoms with Crippen molar-refractivity contribution in [2.75, 3.05) is 6.61 Å². The Morgan fingerprint density at radius 2 is 2.21 bits per heavy atom. The number of esters is 1. The molecule has 0 aliphatic carbocycles. The van der Waals surface area contributed by atoms with Gasteiger partial charge < -0.3 is 9.26 Å². The van der Waals surface area contributed by atoms with E-state index in [1.54, 1.807) is 6.92 Å². The summed E-state index contributed by atoms with van der Waals surface area (Å²) in [6.45, 7) is 5.95. The number of carbonyl (C=O) groups excluding carboxylic acids is 1. The molecule has 0 saturated heterocycles. The lowest BCUT2D eigenvalue weighted by molar-refractivity contribution is -0.143. The van der Waals surface area contributed by atoms with E-state index in [2.05, 4.69) is 5.16 Å². The number of nitrogens with zero attached hydrogens (tertiary/aromatic N) is 1. The van der Waals surface area contributed by atoms with E-state index in [0.29, 0.717) is 19.4 Å². The van der Waals surface area contributed by atoms with Gasteiger partial charge in [0, 0.05) is 12.0 Å². The van der Waals surface area contributed by atoms with Gasteiger partial charge in [0.25, 0.3) is 0 Å². The molecule has 0 aliphatic rings. The van der Waals surface area contributed by atoms with Gasteiger partial charge in [0.05, 0.1) is 12.3 Å². The van der Waals surface area contributed by atoms with Gasteiger partial charge in [0.2, 0.25) is 0 Å². The molecule has 0 saturated carbocycles. The topological polar surface area (TPSA) is 52.3 Å². The molecule has 1 aromatic rings. The van der Waals surface area contributed by atoms with Gasteiger partial charge in [-0.05, 0) is 27.2 Å². The molecule has 0 radical (unpaired) electrons. The van der Waals surface area contributed by atoms with E-state index in [1.807, 2.05) is 13.8 Å². The number of ether oxygens (including phenoxy) is 1. The second kappa shape index (κ2) is 4.79. The number of carbonyl (C=O) groups is 1. The molecule has 0 unspecified atom stereocenters. The molecule has 0 fully saturated rings. The molecule has 4 heteroatoms. The van der Waals surface area contributed by atoms with Gasteiger partial charge in [-0.15, -0.1) is 0 Å². The van der Waals surface area contributed by atoms with Gasteiger partial charge in [0.1, 0.15) is 5.76 Å². The Labute approximate surface area is 83.2 Å². The largest absolute Gasteiger partial charge is 0.466 e. The van der Waals surface area contributed by atoms with Crippen LogP contribution in [0.5, 0.6) is 0 Å². The Morgan fingerprint density at radius 1 is 1.50 bits per heavy atom.